The van der Waals surface area contributed by atoms with Crippen LogP contribution in [0.3, 0.4) is 0 Å². The van der Waals surface area contributed by atoms with Gasteiger partial charge in [0.1, 0.15) is 0 Å². The van der Waals surface area contributed by atoms with Gasteiger partial charge in [-0.25, -0.2) is 0 Å². The van der Waals surface area contributed by atoms with Crippen LogP contribution in [0, 0.1) is 16.0 Å². The molecule has 1 N–H and O–H groups in total. The molecule has 5 heteroatoms. The van der Waals surface area contributed by atoms with Gasteiger partial charge in [0, 0.05) is 24.0 Å². The zero-order chi connectivity index (χ0) is 10.1. The Labute approximate surface area is 86.1 Å². The summed E-state index contributed by atoms with van der Waals surface area (Å²) in [5.74, 6) is 0.767. The van der Waals surface area contributed by atoms with Crippen molar-refractivity contribution in [3.8, 4) is 0 Å². The summed E-state index contributed by atoms with van der Waals surface area (Å²) in [6.45, 7) is 2.95. The Morgan fingerprint density at radius 3 is 3.00 bits per heavy atom. The van der Waals surface area contributed by atoms with Gasteiger partial charge in [-0.2, -0.15) is 0 Å². The molecule has 76 valence electrons. The van der Waals surface area contributed by atoms with Crippen molar-refractivity contribution >= 4 is 16.3 Å². The van der Waals surface area contributed by atoms with Gasteiger partial charge in [-0.15, -0.1) is 0 Å². The van der Waals surface area contributed by atoms with Gasteiger partial charge in [0.25, 0.3) is 0 Å². The Hall–Kier alpha value is -0.940. The molecule has 4 nitrogen and oxygen atoms in total. The first-order valence-electron chi connectivity index (χ1n) is 4.62. The average molecular weight is 212 g/mol. The fraction of sp³-hybridized carbons (Fsp3) is 0.556. The highest BCUT2D eigenvalue weighted by molar-refractivity contribution is 7.13. The van der Waals surface area contributed by atoms with Gasteiger partial charge >= 0.3 is 5.00 Å². The van der Waals surface area contributed by atoms with Crippen molar-refractivity contribution in [3.63, 3.8) is 0 Å². The Bertz CT molecular complexity index is 350. The molecule has 14 heavy (non-hydrogen) atoms. The highest BCUT2D eigenvalue weighted by atomic mass is 32.1. The minimum atomic E-state index is -0.339. The third-order valence-electron chi connectivity index (χ3n) is 2.50. The summed E-state index contributed by atoms with van der Waals surface area (Å²) in [4.78, 5) is 10.1. The molecule has 0 radical (unpaired) electrons. The molecule has 1 aromatic rings. The van der Waals surface area contributed by atoms with Gasteiger partial charge in [-0.3, -0.25) is 10.1 Å². The number of hydrogen-bond donors (Lipinski definition) is 1. The third-order valence-corrected chi connectivity index (χ3v) is 3.43. The molecule has 1 aliphatic rings. The number of hydrogen-bond acceptors (Lipinski definition) is 4. The van der Waals surface area contributed by atoms with Crippen molar-refractivity contribution < 1.29 is 4.92 Å². The molecule has 1 fully saturated rings. The summed E-state index contributed by atoms with van der Waals surface area (Å²) < 4.78 is 0. The van der Waals surface area contributed by atoms with Crippen molar-refractivity contribution in [1.82, 2.24) is 5.32 Å². The Balaban J connectivity index is 1.87. The van der Waals surface area contributed by atoms with Crippen LogP contribution in [0.5, 0.6) is 0 Å². The summed E-state index contributed by atoms with van der Waals surface area (Å²) >= 11 is 1.19. The molecule has 0 saturated heterocycles. The summed E-state index contributed by atoms with van der Waals surface area (Å²) in [6, 6.07) is 2.26. The first kappa shape index (κ1) is 9.61. The van der Waals surface area contributed by atoms with E-state index in [0.29, 0.717) is 6.04 Å². The second kappa shape index (κ2) is 3.67. The molecule has 1 saturated carbocycles. The highest BCUT2D eigenvalue weighted by Gasteiger charge is 2.31. The van der Waals surface area contributed by atoms with Crippen molar-refractivity contribution in [1.29, 1.82) is 0 Å². The molecule has 0 aromatic carbocycles. The molecule has 1 aromatic heterocycles. The molecule has 2 atom stereocenters. The van der Waals surface area contributed by atoms with Crippen LogP contribution in [0.2, 0.25) is 0 Å². The molecular weight excluding hydrogens is 200 g/mol. The lowest BCUT2D eigenvalue weighted by Gasteiger charge is -1.98. The van der Waals surface area contributed by atoms with E-state index in [1.807, 2.05) is 5.38 Å². The van der Waals surface area contributed by atoms with Crippen molar-refractivity contribution in [3.05, 3.63) is 27.1 Å². The Kier molecular flexibility index (Phi) is 2.52. The highest BCUT2D eigenvalue weighted by Crippen LogP contribution is 2.30. The molecule has 0 spiro atoms. The molecule has 0 aliphatic heterocycles. The number of nitrogens with one attached hydrogen (secondary N) is 1. The fourth-order valence-corrected chi connectivity index (χ4v) is 2.14. The molecule has 1 heterocycles. The van der Waals surface area contributed by atoms with E-state index < -0.39 is 0 Å². The molecule has 2 rings (SSSR count). The SMILES string of the molecule is CC1CC1NCc1csc([N+](=O)[O-])c1. The maximum absolute atomic E-state index is 10.4. The van der Waals surface area contributed by atoms with Gasteiger partial charge < -0.3 is 5.32 Å². The van der Waals surface area contributed by atoms with E-state index in [2.05, 4.69) is 12.2 Å². The maximum atomic E-state index is 10.4. The van der Waals surface area contributed by atoms with E-state index in [4.69, 9.17) is 0 Å². The van der Waals surface area contributed by atoms with Crippen LogP contribution in [-0.2, 0) is 6.54 Å². The second-order valence-electron chi connectivity index (χ2n) is 3.75. The molecule has 0 bridgehead atoms. The Morgan fingerprint density at radius 1 is 1.79 bits per heavy atom. The summed E-state index contributed by atoms with van der Waals surface area (Å²) in [5.41, 5.74) is 1.01. The van der Waals surface area contributed by atoms with Crippen molar-refractivity contribution in [2.24, 2.45) is 5.92 Å². The topological polar surface area (TPSA) is 55.2 Å². The van der Waals surface area contributed by atoms with Crippen molar-refractivity contribution in [2.45, 2.75) is 25.9 Å². The first-order valence-corrected chi connectivity index (χ1v) is 5.50. The van der Waals surface area contributed by atoms with Crippen LogP contribution in [0.15, 0.2) is 11.4 Å². The van der Waals surface area contributed by atoms with E-state index in [1.54, 1.807) is 6.07 Å². The lowest BCUT2D eigenvalue weighted by Crippen LogP contribution is -2.16. The van der Waals surface area contributed by atoms with Gasteiger partial charge in [0.05, 0.1) is 4.92 Å². The van der Waals surface area contributed by atoms with Gasteiger partial charge in [0.2, 0.25) is 0 Å². The van der Waals surface area contributed by atoms with Crippen LogP contribution < -0.4 is 5.32 Å². The quantitative estimate of drug-likeness (QED) is 0.614. The van der Waals surface area contributed by atoms with Crippen LogP contribution in [0.4, 0.5) is 5.00 Å². The normalized spacial score (nSPS) is 24.9. The zero-order valence-corrected chi connectivity index (χ0v) is 8.71. The smallest absolute Gasteiger partial charge is 0.310 e. The predicted molar refractivity (Wildman–Crippen MR) is 55.4 cm³/mol. The molecule has 2 unspecified atom stereocenters. The van der Waals surface area contributed by atoms with Gasteiger partial charge in [-0.05, 0) is 17.9 Å². The molecular formula is C9H12N2O2S. The minimum Gasteiger partial charge on any atom is -0.310 e. The number of rotatable bonds is 4. The molecule has 1 aliphatic carbocycles. The van der Waals surface area contributed by atoms with Crippen molar-refractivity contribution in [2.75, 3.05) is 0 Å². The number of nitrogens with zero attached hydrogens (tertiary/aromatic N) is 1. The summed E-state index contributed by atoms with van der Waals surface area (Å²) in [6.07, 6.45) is 1.23. The summed E-state index contributed by atoms with van der Waals surface area (Å²) in [5, 5.41) is 15.8. The average Bonchev–Trinajstić information content (AvgIpc) is 2.68. The summed E-state index contributed by atoms with van der Waals surface area (Å²) in [7, 11) is 0. The third kappa shape index (κ3) is 2.10. The maximum Gasteiger partial charge on any atom is 0.324 e. The van der Waals surface area contributed by atoms with Crippen LogP contribution in [-0.4, -0.2) is 11.0 Å². The van der Waals surface area contributed by atoms with Gasteiger partial charge in [0.15, 0.2) is 0 Å². The number of thiophene rings is 1. The predicted octanol–water partition coefficient (Wildman–Crippen LogP) is 2.15. The zero-order valence-electron chi connectivity index (χ0n) is 7.90. The largest absolute Gasteiger partial charge is 0.324 e. The fourth-order valence-electron chi connectivity index (χ4n) is 1.41. The van der Waals surface area contributed by atoms with Crippen LogP contribution in [0.1, 0.15) is 18.9 Å². The van der Waals surface area contributed by atoms with Crippen LogP contribution in [0.25, 0.3) is 0 Å². The van der Waals surface area contributed by atoms with Crippen LogP contribution >= 0.6 is 11.3 Å². The molecule has 0 amide bonds. The monoisotopic (exact) mass is 212 g/mol. The standard InChI is InChI=1S/C9H12N2O2S/c1-6-2-8(6)10-4-7-3-9(11(12)13)14-5-7/h3,5-6,8,10H,2,4H2,1H3. The van der Waals surface area contributed by atoms with E-state index in [1.165, 1.54) is 17.8 Å². The van der Waals surface area contributed by atoms with E-state index in [9.17, 15) is 10.1 Å². The lowest BCUT2D eigenvalue weighted by atomic mass is 10.3. The Morgan fingerprint density at radius 2 is 2.50 bits per heavy atom. The van der Waals surface area contributed by atoms with Gasteiger partial charge in [-0.1, -0.05) is 18.3 Å². The van der Waals surface area contributed by atoms with E-state index in [-0.39, 0.29) is 9.92 Å². The first-order chi connectivity index (χ1) is 6.66. The lowest BCUT2D eigenvalue weighted by molar-refractivity contribution is -0.380. The minimum absolute atomic E-state index is 0.227. The van der Waals surface area contributed by atoms with E-state index >= 15 is 0 Å². The van der Waals surface area contributed by atoms with E-state index in [0.717, 1.165) is 18.0 Å². The second-order valence-corrected chi connectivity index (χ2v) is 4.64. The number of nitro groups is 1.